The van der Waals surface area contributed by atoms with Gasteiger partial charge in [-0.25, -0.2) is 0 Å². The van der Waals surface area contributed by atoms with Gasteiger partial charge >= 0.3 is 0 Å². The first-order valence-corrected chi connectivity index (χ1v) is 13.2. The molecule has 2 amide bonds. The van der Waals surface area contributed by atoms with Crippen molar-refractivity contribution in [2.45, 2.75) is 19.4 Å². The van der Waals surface area contributed by atoms with Gasteiger partial charge in [-0.1, -0.05) is 65.4 Å². The van der Waals surface area contributed by atoms with Crippen LogP contribution >= 0.6 is 22.9 Å². The normalized spacial score (nSPS) is 11.7. The number of carbonyl (C=O) groups is 2. The molecule has 198 valence electrons. The number of carbonyl (C=O) groups excluding carboxylic acids is 2. The first-order valence-electron chi connectivity index (χ1n) is 12.0. The van der Waals surface area contributed by atoms with Gasteiger partial charge in [0.1, 0.15) is 5.01 Å². The Hall–Kier alpha value is -4.41. The number of nitrogens with zero attached hydrogens (tertiary/aromatic N) is 4. The van der Waals surface area contributed by atoms with Gasteiger partial charge in [0.05, 0.1) is 11.0 Å². The maximum atomic E-state index is 13.2. The highest BCUT2D eigenvalue weighted by molar-refractivity contribution is 7.18. The predicted molar refractivity (Wildman–Crippen MR) is 152 cm³/mol. The third-order valence-electron chi connectivity index (χ3n) is 5.90. The van der Waals surface area contributed by atoms with E-state index in [1.54, 1.807) is 35.2 Å². The second kappa shape index (κ2) is 12.9. The van der Waals surface area contributed by atoms with E-state index in [-0.39, 0.29) is 36.5 Å². The van der Waals surface area contributed by atoms with Gasteiger partial charge in [-0.05, 0) is 48.4 Å². The number of benzene rings is 3. The second-order valence-electron chi connectivity index (χ2n) is 8.52. The van der Waals surface area contributed by atoms with Gasteiger partial charge in [0.2, 0.25) is 16.9 Å². The van der Waals surface area contributed by atoms with Crippen molar-refractivity contribution in [1.29, 1.82) is 0 Å². The number of nitro groups is 1. The highest BCUT2D eigenvalue weighted by atomic mass is 35.5. The number of aromatic nitrogens is 2. The average Bonchev–Trinajstić information content (AvgIpc) is 3.41. The van der Waals surface area contributed by atoms with Crippen molar-refractivity contribution in [2.24, 2.45) is 0 Å². The highest BCUT2D eigenvalue weighted by Gasteiger charge is 2.21. The van der Waals surface area contributed by atoms with Crippen molar-refractivity contribution in [1.82, 2.24) is 15.1 Å². The Balaban J connectivity index is 1.43. The van der Waals surface area contributed by atoms with Crippen molar-refractivity contribution >= 4 is 51.6 Å². The lowest BCUT2D eigenvalue weighted by Gasteiger charge is -2.28. The number of non-ortho nitro benzene ring substituents is 1. The second-order valence-corrected chi connectivity index (χ2v) is 9.93. The molecule has 0 aliphatic heterocycles. The van der Waals surface area contributed by atoms with Crippen LogP contribution in [0.2, 0.25) is 5.02 Å². The quantitative estimate of drug-likeness (QED) is 0.136. The lowest BCUT2D eigenvalue weighted by molar-refractivity contribution is -0.384. The Morgan fingerprint density at radius 3 is 2.41 bits per heavy atom. The fourth-order valence-electron chi connectivity index (χ4n) is 3.76. The van der Waals surface area contributed by atoms with E-state index in [9.17, 15) is 19.7 Å². The smallest absolute Gasteiger partial charge is 0.269 e. The Kier molecular flexibility index (Phi) is 9.14. The first-order chi connectivity index (χ1) is 18.8. The van der Waals surface area contributed by atoms with Crippen molar-refractivity contribution in [2.75, 3.05) is 11.9 Å². The van der Waals surface area contributed by atoms with Gasteiger partial charge < -0.3 is 10.2 Å². The monoisotopic (exact) mass is 561 g/mol. The molecule has 0 unspecified atom stereocenters. The molecule has 1 aromatic heterocycles. The Morgan fingerprint density at radius 1 is 1.05 bits per heavy atom. The fraction of sp³-hybridized carbons (Fsp3) is 0.143. The summed E-state index contributed by atoms with van der Waals surface area (Å²) in [4.78, 5) is 38.0. The van der Waals surface area contributed by atoms with E-state index in [0.717, 1.165) is 11.1 Å². The molecule has 0 spiro atoms. The minimum atomic E-state index is -0.479. The van der Waals surface area contributed by atoms with Crippen molar-refractivity contribution in [3.05, 3.63) is 111 Å². The lowest BCUT2D eigenvalue weighted by Crippen LogP contribution is -2.35. The maximum Gasteiger partial charge on any atom is 0.269 e. The summed E-state index contributed by atoms with van der Waals surface area (Å²) in [5.41, 5.74) is 2.38. The molecule has 1 N–H and O–H groups in total. The summed E-state index contributed by atoms with van der Waals surface area (Å²) in [6.07, 6.45) is 3.04. The number of halogens is 1. The van der Waals surface area contributed by atoms with Crippen LogP contribution in [0, 0.1) is 10.1 Å². The average molecular weight is 562 g/mol. The van der Waals surface area contributed by atoms with Gasteiger partial charge in [0.25, 0.3) is 5.69 Å². The first kappa shape index (κ1) is 27.6. The van der Waals surface area contributed by atoms with E-state index in [1.165, 1.54) is 29.5 Å². The molecular formula is C28H24ClN5O4S. The molecule has 0 fully saturated rings. The third-order valence-corrected chi connectivity index (χ3v) is 7.04. The number of hydrogen-bond acceptors (Lipinski definition) is 7. The van der Waals surface area contributed by atoms with Crippen molar-refractivity contribution < 1.29 is 14.5 Å². The van der Waals surface area contributed by atoms with Gasteiger partial charge in [-0.3, -0.25) is 19.7 Å². The van der Waals surface area contributed by atoms with E-state index in [2.05, 4.69) is 15.5 Å². The molecule has 4 aromatic rings. The summed E-state index contributed by atoms with van der Waals surface area (Å²) >= 11 is 7.18. The van der Waals surface area contributed by atoms with Crippen LogP contribution in [0.3, 0.4) is 0 Å². The van der Waals surface area contributed by atoms with E-state index >= 15 is 0 Å². The van der Waals surface area contributed by atoms with E-state index in [1.807, 2.05) is 49.4 Å². The molecule has 1 atom stereocenters. The van der Waals surface area contributed by atoms with Crippen molar-refractivity contribution in [3.63, 3.8) is 0 Å². The summed E-state index contributed by atoms with van der Waals surface area (Å²) in [5.74, 6) is -0.593. The SMILES string of the molecule is C[C@H](c1ccccc1)N(CCC(=O)Nc1nnc(-c2ccc(Cl)cc2)s1)C(=O)/C=C/c1ccc([N+](=O)[O-])cc1. The summed E-state index contributed by atoms with van der Waals surface area (Å²) in [5, 5.41) is 23.4. The number of hydrogen-bond donors (Lipinski definition) is 1. The molecule has 9 nitrogen and oxygen atoms in total. The summed E-state index contributed by atoms with van der Waals surface area (Å²) in [7, 11) is 0. The van der Waals surface area contributed by atoms with Crippen LogP contribution in [0.5, 0.6) is 0 Å². The molecular weight excluding hydrogens is 538 g/mol. The molecule has 4 rings (SSSR count). The molecule has 0 radical (unpaired) electrons. The predicted octanol–water partition coefficient (Wildman–Crippen LogP) is 6.40. The minimum Gasteiger partial charge on any atom is -0.332 e. The van der Waals surface area contributed by atoms with Crippen LogP contribution in [-0.2, 0) is 9.59 Å². The van der Waals surface area contributed by atoms with Crippen LogP contribution in [0.4, 0.5) is 10.8 Å². The summed E-state index contributed by atoms with van der Waals surface area (Å²) in [6.45, 7) is 2.06. The molecule has 39 heavy (non-hydrogen) atoms. The number of anilines is 1. The van der Waals surface area contributed by atoms with Crippen LogP contribution in [0.15, 0.2) is 84.9 Å². The zero-order chi connectivity index (χ0) is 27.8. The minimum absolute atomic E-state index is 0.0282. The molecule has 3 aromatic carbocycles. The van der Waals surface area contributed by atoms with Gasteiger partial charge in [-0.15, -0.1) is 10.2 Å². The summed E-state index contributed by atoms with van der Waals surface area (Å²) < 4.78 is 0. The molecule has 0 saturated heterocycles. The lowest BCUT2D eigenvalue weighted by atomic mass is 10.1. The van der Waals surface area contributed by atoms with Crippen LogP contribution in [0.1, 0.15) is 30.5 Å². The van der Waals surface area contributed by atoms with E-state index < -0.39 is 4.92 Å². The molecule has 11 heteroatoms. The number of nitrogens with one attached hydrogen (secondary N) is 1. The molecule has 0 aliphatic carbocycles. The van der Waals surface area contributed by atoms with Crippen LogP contribution in [-0.4, -0.2) is 38.4 Å². The number of nitro benzene ring substituents is 1. The zero-order valence-corrected chi connectivity index (χ0v) is 22.4. The Bertz CT molecular complexity index is 1470. The topological polar surface area (TPSA) is 118 Å². The van der Waals surface area contributed by atoms with Crippen LogP contribution in [0.25, 0.3) is 16.6 Å². The molecule has 0 saturated carbocycles. The number of amides is 2. The highest BCUT2D eigenvalue weighted by Crippen LogP contribution is 2.27. The van der Waals surface area contributed by atoms with Gasteiger partial charge in [0, 0.05) is 41.8 Å². The zero-order valence-electron chi connectivity index (χ0n) is 20.9. The largest absolute Gasteiger partial charge is 0.332 e. The molecule has 1 heterocycles. The fourth-order valence-corrected chi connectivity index (χ4v) is 4.65. The van der Waals surface area contributed by atoms with E-state index in [4.69, 9.17) is 11.6 Å². The Morgan fingerprint density at radius 2 is 1.74 bits per heavy atom. The van der Waals surface area contributed by atoms with Gasteiger partial charge in [-0.2, -0.15) is 0 Å². The number of rotatable bonds is 10. The van der Waals surface area contributed by atoms with Crippen molar-refractivity contribution in [3.8, 4) is 10.6 Å². The maximum absolute atomic E-state index is 13.2. The van der Waals surface area contributed by atoms with E-state index in [0.29, 0.717) is 20.7 Å². The van der Waals surface area contributed by atoms with Crippen LogP contribution < -0.4 is 5.32 Å². The Labute approximate surface area is 233 Å². The van der Waals surface area contributed by atoms with Gasteiger partial charge in [0.15, 0.2) is 0 Å². The third kappa shape index (κ3) is 7.56. The summed E-state index contributed by atoms with van der Waals surface area (Å²) in [6, 6.07) is 22.3. The molecule has 0 bridgehead atoms. The standard InChI is InChI=1S/C28H24ClN5O4S/c1-19(21-5-3-2-4-6-21)33(26(36)16-9-20-7-14-24(15-8-20)34(37)38)18-17-25(35)30-28-32-31-27(39-28)22-10-12-23(29)13-11-22/h2-16,19H,17-18H2,1H3,(H,30,32,35)/b16-9+/t19-/m1/s1. The molecule has 0 aliphatic rings.